The molecule has 2 amide bonds. The monoisotopic (exact) mass is 286 g/mol. The standard InChI is InChI=1S/C10H11ClN4O2S/c1-6-4-13-9(11)14-8(6)12-2-3-15-7(16)5-18-10(15)17/h4H,2-3,5H2,1H3,(H,12,13,14). The number of carbonyl (C=O) groups is 2. The lowest BCUT2D eigenvalue weighted by molar-refractivity contribution is -0.124. The second-order valence-electron chi connectivity index (χ2n) is 3.70. The highest BCUT2D eigenvalue weighted by atomic mass is 35.5. The van der Waals surface area contributed by atoms with Crippen LogP contribution in [0.15, 0.2) is 6.20 Å². The molecule has 2 rings (SSSR count). The molecule has 18 heavy (non-hydrogen) atoms. The number of aromatic nitrogens is 2. The van der Waals surface area contributed by atoms with E-state index in [0.717, 1.165) is 17.3 Å². The van der Waals surface area contributed by atoms with Gasteiger partial charge in [0.05, 0.1) is 5.75 Å². The molecule has 1 saturated heterocycles. The number of thioether (sulfide) groups is 1. The molecule has 1 fully saturated rings. The van der Waals surface area contributed by atoms with Crippen molar-refractivity contribution in [3.05, 3.63) is 17.0 Å². The van der Waals surface area contributed by atoms with Gasteiger partial charge in [-0.3, -0.25) is 14.5 Å². The Labute approximate surface area is 113 Å². The SMILES string of the molecule is Cc1cnc(Cl)nc1NCCN1C(=O)CSC1=O. The number of carbonyl (C=O) groups excluding carboxylic acids is 2. The molecule has 1 N–H and O–H groups in total. The highest BCUT2D eigenvalue weighted by molar-refractivity contribution is 8.14. The van der Waals surface area contributed by atoms with Crippen LogP contribution in [-0.4, -0.2) is 44.9 Å². The first-order valence-electron chi connectivity index (χ1n) is 5.28. The molecule has 0 spiro atoms. The minimum Gasteiger partial charge on any atom is -0.368 e. The van der Waals surface area contributed by atoms with Crippen molar-refractivity contribution < 1.29 is 9.59 Å². The fraction of sp³-hybridized carbons (Fsp3) is 0.400. The molecule has 0 atom stereocenters. The summed E-state index contributed by atoms with van der Waals surface area (Å²) < 4.78 is 0. The van der Waals surface area contributed by atoms with E-state index >= 15 is 0 Å². The van der Waals surface area contributed by atoms with E-state index in [1.807, 2.05) is 6.92 Å². The smallest absolute Gasteiger partial charge is 0.288 e. The molecule has 8 heteroatoms. The molecule has 2 heterocycles. The number of rotatable bonds is 4. The van der Waals surface area contributed by atoms with E-state index in [1.165, 1.54) is 4.90 Å². The summed E-state index contributed by atoms with van der Waals surface area (Å²) >= 11 is 6.71. The number of nitrogens with one attached hydrogen (secondary N) is 1. The number of aryl methyl sites for hydroxylation is 1. The fourth-order valence-electron chi connectivity index (χ4n) is 1.48. The highest BCUT2D eigenvalue weighted by Crippen LogP contribution is 2.18. The lowest BCUT2D eigenvalue weighted by atomic mass is 10.3. The molecule has 1 aliphatic rings. The van der Waals surface area contributed by atoms with Gasteiger partial charge < -0.3 is 5.32 Å². The van der Waals surface area contributed by atoms with Crippen LogP contribution in [0.25, 0.3) is 0 Å². The number of imide groups is 1. The normalized spacial score (nSPS) is 15.3. The number of nitrogens with zero attached hydrogens (tertiary/aromatic N) is 3. The largest absolute Gasteiger partial charge is 0.368 e. The third-order valence-electron chi connectivity index (χ3n) is 2.41. The molecular weight excluding hydrogens is 276 g/mol. The van der Waals surface area contributed by atoms with Crippen molar-refractivity contribution in [3.8, 4) is 0 Å². The summed E-state index contributed by atoms with van der Waals surface area (Å²) in [6.45, 7) is 2.61. The van der Waals surface area contributed by atoms with Gasteiger partial charge in [0.25, 0.3) is 5.24 Å². The van der Waals surface area contributed by atoms with Gasteiger partial charge in [0.2, 0.25) is 11.2 Å². The molecule has 0 radical (unpaired) electrons. The quantitative estimate of drug-likeness (QED) is 0.847. The molecular formula is C10H11ClN4O2S. The van der Waals surface area contributed by atoms with E-state index < -0.39 is 0 Å². The summed E-state index contributed by atoms with van der Waals surface area (Å²) in [5, 5.41) is 2.99. The van der Waals surface area contributed by atoms with E-state index in [0.29, 0.717) is 18.9 Å². The van der Waals surface area contributed by atoms with Gasteiger partial charge in [0.1, 0.15) is 5.82 Å². The van der Waals surface area contributed by atoms with E-state index in [1.54, 1.807) is 6.20 Å². The number of hydrogen-bond donors (Lipinski definition) is 1. The predicted octanol–water partition coefficient (Wildman–Crippen LogP) is 1.55. The number of amides is 2. The van der Waals surface area contributed by atoms with Crippen LogP contribution in [0.5, 0.6) is 0 Å². The summed E-state index contributed by atoms with van der Waals surface area (Å²) in [4.78, 5) is 31.8. The third-order valence-corrected chi connectivity index (χ3v) is 3.45. The van der Waals surface area contributed by atoms with Gasteiger partial charge in [-0.2, -0.15) is 0 Å². The van der Waals surface area contributed by atoms with Gasteiger partial charge >= 0.3 is 0 Å². The van der Waals surface area contributed by atoms with Crippen LogP contribution in [0.1, 0.15) is 5.56 Å². The highest BCUT2D eigenvalue weighted by Gasteiger charge is 2.29. The first-order valence-corrected chi connectivity index (χ1v) is 6.64. The maximum atomic E-state index is 11.4. The van der Waals surface area contributed by atoms with Crippen molar-refractivity contribution in [3.63, 3.8) is 0 Å². The van der Waals surface area contributed by atoms with Crippen LogP contribution in [-0.2, 0) is 4.79 Å². The fourth-order valence-corrected chi connectivity index (χ4v) is 2.37. The van der Waals surface area contributed by atoms with Crippen LogP contribution in [0.4, 0.5) is 10.6 Å². The van der Waals surface area contributed by atoms with Crippen LogP contribution >= 0.6 is 23.4 Å². The number of halogens is 1. The lowest BCUT2D eigenvalue weighted by Crippen LogP contribution is -2.33. The van der Waals surface area contributed by atoms with Gasteiger partial charge in [-0.25, -0.2) is 9.97 Å². The molecule has 1 aromatic rings. The van der Waals surface area contributed by atoms with Crippen molar-refractivity contribution in [2.24, 2.45) is 0 Å². The molecule has 1 aliphatic heterocycles. The average Bonchev–Trinajstić information content (AvgIpc) is 2.65. The minimum absolute atomic E-state index is 0.149. The first kappa shape index (κ1) is 13.1. The number of anilines is 1. The summed E-state index contributed by atoms with van der Waals surface area (Å²) in [6.07, 6.45) is 1.61. The lowest BCUT2D eigenvalue weighted by Gasteiger charge is -2.14. The Hall–Kier alpha value is -1.34. The maximum absolute atomic E-state index is 11.4. The van der Waals surface area contributed by atoms with Crippen LogP contribution in [0, 0.1) is 6.92 Å². The van der Waals surface area contributed by atoms with E-state index in [-0.39, 0.29) is 22.2 Å². The molecule has 0 aliphatic carbocycles. The Bertz CT molecular complexity index is 481. The molecule has 96 valence electrons. The van der Waals surface area contributed by atoms with Crippen molar-refractivity contribution in [1.82, 2.24) is 14.9 Å². The Balaban J connectivity index is 1.90. The topological polar surface area (TPSA) is 75.2 Å². The van der Waals surface area contributed by atoms with E-state index in [2.05, 4.69) is 15.3 Å². The molecule has 0 unspecified atom stereocenters. The Kier molecular flexibility index (Phi) is 4.03. The molecule has 0 aromatic carbocycles. The molecule has 0 bridgehead atoms. The van der Waals surface area contributed by atoms with Gasteiger partial charge in [0, 0.05) is 24.8 Å². The van der Waals surface area contributed by atoms with Crippen molar-refractivity contribution >= 4 is 40.3 Å². The summed E-state index contributed by atoms with van der Waals surface area (Å²) in [5.41, 5.74) is 0.854. The second kappa shape index (κ2) is 5.53. The third kappa shape index (κ3) is 2.91. The van der Waals surface area contributed by atoms with Gasteiger partial charge in [0.15, 0.2) is 0 Å². The van der Waals surface area contributed by atoms with Crippen molar-refractivity contribution in [2.45, 2.75) is 6.92 Å². The van der Waals surface area contributed by atoms with Crippen LogP contribution in [0.3, 0.4) is 0 Å². The van der Waals surface area contributed by atoms with Crippen LogP contribution < -0.4 is 5.32 Å². The zero-order valence-corrected chi connectivity index (χ0v) is 11.2. The number of hydrogen-bond acceptors (Lipinski definition) is 6. The van der Waals surface area contributed by atoms with Gasteiger partial charge in [-0.05, 0) is 18.5 Å². The Morgan fingerprint density at radius 1 is 1.56 bits per heavy atom. The average molecular weight is 287 g/mol. The molecule has 6 nitrogen and oxygen atoms in total. The van der Waals surface area contributed by atoms with Gasteiger partial charge in [-0.15, -0.1) is 0 Å². The summed E-state index contributed by atoms with van der Waals surface area (Å²) in [6, 6.07) is 0. The minimum atomic E-state index is -0.195. The molecule has 0 saturated carbocycles. The Morgan fingerprint density at radius 3 is 3.00 bits per heavy atom. The van der Waals surface area contributed by atoms with E-state index in [4.69, 9.17) is 11.6 Å². The second-order valence-corrected chi connectivity index (χ2v) is 4.96. The van der Waals surface area contributed by atoms with Crippen molar-refractivity contribution in [2.75, 3.05) is 24.2 Å². The molecule has 1 aromatic heterocycles. The van der Waals surface area contributed by atoms with Crippen LogP contribution in [0.2, 0.25) is 5.28 Å². The Morgan fingerprint density at radius 2 is 2.33 bits per heavy atom. The van der Waals surface area contributed by atoms with E-state index in [9.17, 15) is 9.59 Å². The first-order chi connectivity index (χ1) is 8.58. The zero-order valence-electron chi connectivity index (χ0n) is 9.64. The predicted molar refractivity (Wildman–Crippen MR) is 69.8 cm³/mol. The summed E-state index contributed by atoms with van der Waals surface area (Å²) in [7, 11) is 0. The van der Waals surface area contributed by atoms with Crippen molar-refractivity contribution in [1.29, 1.82) is 0 Å². The summed E-state index contributed by atoms with van der Waals surface area (Å²) in [5.74, 6) is 0.697. The maximum Gasteiger partial charge on any atom is 0.288 e. The zero-order chi connectivity index (χ0) is 13.1. The van der Waals surface area contributed by atoms with Gasteiger partial charge in [-0.1, -0.05) is 11.8 Å².